The molecule has 0 aliphatic carbocycles. The minimum absolute atomic E-state index is 0.0815. The fourth-order valence-corrected chi connectivity index (χ4v) is 2.58. The topological polar surface area (TPSA) is 145 Å². The maximum absolute atomic E-state index is 11.9. The molecule has 20 heavy (non-hydrogen) atoms. The molecule has 0 radical (unpaired) electrons. The van der Waals surface area contributed by atoms with Crippen molar-refractivity contribution in [2.75, 3.05) is 0 Å². The molecule has 0 aliphatic heterocycles. The first kappa shape index (κ1) is 15.6. The molecule has 1 aromatic carbocycles. The number of carbonyl (C=O) groups is 2. The van der Waals surface area contributed by atoms with Crippen molar-refractivity contribution in [3.05, 3.63) is 29.8 Å². The van der Waals surface area contributed by atoms with Crippen LogP contribution in [0, 0.1) is 11.3 Å². The first-order valence-corrected chi connectivity index (χ1v) is 6.71. The number of nitrogens with zero attached hydrogens (tertiary/aromatic N) is 1. The van der Waals surface area contributed by atoms with E-state index in [2.05, 4.69) is 0 Å². The van der Waals surface area contributed by atoms with Gasteiger partial charge in [0, 0.05) is 0 Å². The highest BCUT2D eigenvalue weighted by Gasteiger charge is 2.27. The number of carboxylic acid groups (broad SMARTS) is 2. The highest BCUT2D eigenvalue weighted by atomic mass is 32.2. The lowest BCUT2D eigenvalue weighted by Crippen LogP contribution is -2.42. The fourth-order valence-electron chi connectivity index (χ4n) is 1.34. The Labute approximate surface area is 114 Å². The predicted molar refractivity (Wildman–Crippen MR) is 65.2 cm³/mol. The Balaban J connectivity index is 3.06. The normalized spacial score (nSPS) is 12.3. The third-order valence-corrected chi connectivity index (χ3v) is 3.72. The third-order valence-electron chi connectivity index (χ3n) is 2.25. The SMILES string of the molecule is N#Cc1cccc(S(=O)(=O)N[C@H](CC(=O)O)C(=O)O)c1. The number of hydrogen-bond acceptors (Lipinski definition) is 5. The van der Waals surface area contributed by atoms with Crippen molar-refractivity contribution in [2.24, 2.45) is 0 Å². The van der Waals surface area contributed by atoms with Crippen LogP contribution in [0.3, 0.4) is 0 Å². The monoisotopic (exact) mass is 298 g/mol. The second-order valence-corrected chi connectivity index (χ2v) is 5.46. The largest absolute Gasteiger partial charge is 0.481 e. The number of rotatable bonds is 6. The van der Waals surface area contributed by atoms with Crippen LogP contribution in [0.1, 0.15) is 12.0 Å². The van der Waals surface area contributed by atoms with Gasteiger partial charge in [-0.15, -0.1) is 0 Å². The Morgan fingerprint density at radius 2 is 2.00 bits per heavy atom. The fraction of sp³-hybridized carbons (Fsp3) is 0.182. The van der Waals surface area contributed by atoms with Gasteiger partial charge in [-0.25, -0.2) is 8.42 Å². The molecule has 3 N–H and O–H groups in total. The molecule has 0 amide bonds. The molecule has 0 saturated heterocycles. The number of sulfonamides is 1. The maximum atomic E-state index is 11.9. The lowest BCUT2D eigenvalue weighted by atomic mass is 10.2. The van der Waals surface area contributed by atoms with E-state index in [0.29, 0.717) is 0 Å². The Morgan fingerprint density at radius 1 is 1.35 bits per heavy atom. The summed E-state index contributed by atoms with van der Waals surface area (Å²) < 4.78 is 25.6. The highest BCUT2D eigenvalue weighted by molar-refractivity contribution is 7.89. The van der Waals surface area contributed by atoms with Crippen molar-refractivity contribution in [3.63, 3.8) is 0 Å². The molecule has 0 unspecified atom stereocenters. The minimum Gasteiger partial charge on any atom is -0.481 e. The molecule has 0 bridgehead atoms. The van der Waals surface area contributed by atoms with Crippen LogP contribution in [0.5, 0.6) is 0 Å². The Morgan fingerprint density at radius 3 is 2.50 bits per heavy atom. The van der Waals surface area contributed by atoms with E-state index in [-0.39, 0.29) is 10.5 Å². The molecule has 8 nitrogen and oxygen atoms in total. The van der Waals surface area contributed by atoms with E-state index in [1.54, 1.807) is 10.8 Å². The van der Waals surface area contributed by atoms with Gasteiger partial charge in [-0.2, -0.15) is 9.98 Å². The van der Waals surface area contributed by atoms with Crippen LogP contribution in [0.15, 0.2) is 29.2 Å². The highest BCUT2D eigenvalue weighted by Crippen LogP contribution is 2.12. The molecule has 1 rings (SSSR count). The van der Waals surface area contributed by atoms with E-state index in [1.807, 2.05) is 0 Å². The molecule has 9 heteroatoms. The van der Waals surface area contributed by atoms with Gasteiger partial charge in [-0.3, -0.25) is 9.59 Å². The zero-order valence-electron chi connectivity index (χ0n) is 9.98. The molecule has 0 fully saturated rings. The molecule has 1 aromatic rings. The lowest BCUT2D eigenvalue weighted by Gasteiger charge is -2.12. The van der Waals surface area contributed by atoms with Crippen molar-refractivity contribution in [1.29, 1.82) is 5.26 Å². The van der Waals surface area contributed by atoms with Crippen molar-refractivity contribution < 1.29 is 28.2 Å². The summed E-state index contributed by atoms with van der Waals surface area (Å²) in [4.78, 5) is 21.0. The third kappa shape index (κ3) is 4.04. The molecule has 0 spiro atoms. The van der Waals surface area contributed by atoms with Gasteiger partial charge < -0.3 is 10.2 Å². The van der Waals surface area contributed by atoms with Crippen LogP contribution < -0.4 is 4.72 Å². The average Bonchev–Trinajstić information content (AvgIpc) is 2.37. The van der Waals surface area contributed by atoms with Gasteiger partial charge in [0.25, 0.3) is 0 Å². The number of benzene rings is 1. The Hall–Kier alpha value is -2.44. The molecule has 0 aromatic heterocycles. The first-order valence-electron chi connectivity index (χ1n) is 5.23. The van der Waals surface area contributed by atoms with E-state index in [4.69, 9.17) is 15.5 Å². The van der Waals surface area contributed by atoms with E-state index in [9.17, 15) is 18.0 Å². The molecule has 0 heterocycles. The minimum atomic E-state index is -4.23. The molecular weight excluding hydrogens is 288 g/mol. The van der Waals surface area contributed by atoms with Crippen LogP contribution in [-0.2, 0) is 19.6 Å². The van der Waals surface area contributed by atoms with Crippen LogP contribution in [0.2, 0.25) is 0 Å². The standard InChI is InChI=1S/C11H10N2O6S/c12-6-7-2-1-3-8(4-7)20(18,19)13-9(11(16)17)5-10(14)15/h1-4,9,13H,5H2,(H,14,15)(H,16,17)/t9-/m1/s1. The van der Waals surface area contributed by atoms with Gasteiger partial charge in [-0.05, 0) is 18.2 Å². The van der Waals surface area contributed by atoms with Crippen molar-refractivity contribution >= 4 is 22.0 Å². The summed E-state index contributed by atoms with van der Waals surface area (Å²) in [5, 5.41) is 26.0. The van der Waals surface area contributed by atoms with Crippen LogP contribution >= 0.6 is 0 Å². The second kappa shape index (κ2) is 6.14. The van der Waals surface area contributed by atoms with Gasteiger partial charge in [0.1, 0.15) is 6.04 Å². The van der Waals surface area contributed by atoms with Gasteiger partial charge >= 0.3 is 11.9 Å². The van der Waals surface area contributed by atoms with Crippen molar-refractivity contribution in [1.82, 2.24) is 4.72 Å². The molecule has 106 valence electrons. The lowest BCUT2D eigenvalue weighted by molar-refractivity contribution is -0.145. The maximum Gasteiger partial charge on any atom is 0.322 e. The smallest absolute Gasteiger partial charge is 0.322 e. The number of nitriles is 1. The summed E-state index contributed by atoms with van der Waals surface area (Å²) in [5.74, 6) is -3.06. The van der Waals surface area contributed by atoms with Crippen molar-refractivity contribution in [2.45, 2.75) is 17.4 Å². The summed E-state index contributed by atoms with van der Waals surface area (Å²) in [7, 11) is -4.23. The Bertz CT molecular complexity index is 676. The quantitative estimate of drug-likeness (QED) is 0.657. The summed E-state index contributed by atoms with van der Waals surface area (Å²) in [5.41, 5.74) is 0.0815. The number of aliphatic carboxylic acids is 2. The summed E-state index contributed by atoms with van der Waals surface area (Å²) in [6.45, 7) is 0. The summed E-state index contributed by atoms with van der Waals surface area (Å²) in [6.07, 6.45) is -0.896. The predicted octanol–water partition coefficient (Wildman–Crippen LogP) is -0.236. The van der Waals surface area contributed by atoms with E-state index < -0.39 is 34.4 Å². The van der Waals surface area contributed by atoms with Crippen LogP contribution in [0.25, 0.3) is 0 Å². The number of nitrogens with one attached hydrogen (secondary N) is 1. The molecule has 1 atom stereocenters. The molecule has 0 saturated carbocycles. The molecule has 0 aliphatic rings. The van der Waals surface area contributed by atoms with Crippen LogP contribution in [0.4, 0.5) is 0 Å². The zero-order valence-corrected chi connectivity index (χ0v) is 10.8. The average molecular weight is 298 g/mol. The van der Waals surface area contributed by atoms with Crippen molar-refractivity contribution in [3.8, 4) is 6.07 Å². The second-order valence-electron chi connectivity index (χ2n) is 3.75. The van der Waals surface area contributed by atoms with Crippen LogP contribution in [-0.4, -0.2) is 36.6 Å². The summed E-state index contributed by atoms with van der Waals surface area (Å²) >= 11 is 0. The summed E-state index contributed by atoms with van der Waals surface area (Å²) in [6, 6.07) is 4.88. The first-order chi connectivity index (χ1) is 9.26. The van der Waals surface area contributed by atoms with E-state index in [1.165, 1.54) is 18.2 Å². The van der Waals surface area contributed by atoms with E-state index >= 15 is 0 Å². The Kier molecular flexibility index (Phi) is 4.79. The van der Waals surface area contributed by atoms with Gasteiger partial charge in [-0.1, -0.05) is 6.07 Å². The number of carboxylic acids is 2. The van der Waals surface area contributed by atoms with E-state index in [0.717, 1.165) is 6.07 Å². The molecular formula is C11H10N2O6S. The zero-order chi connectivity index (χ0) is 15.3. The van der Waals surface area contributed by atoms with Gasteiger partial charge in [0.2, 0.25) is 10.0 Å². The van der Waals surface area contributed by atoms with Gasteiger partial charge in [0.05, 0.1) is 22.9 Å². The number of hydrogen-bond donors (Lipinski definition) is 3. The van der Waals surface area contributed by atoms with Gasteiger partial charge in [0.15, 0.2) is 0 Å².